The Morgan fingerprint density at radius 3 is 2.63 bits per heavy atom. The highest BCUT2D eigenvalue weighted by Gasteiger charge is 2.24. The fourth-order valence-corrected chi connectivity index (χ4v) is 2.82. The number of rotatable bonds is 7. The van der Waals surface area contributed by atoms with Gasteiger partial charge in [0.15, 0.2) is 17.3 Å². The van der Waals surface area contributed by atoms with Crippen molar-refractivity contribution in [1.82, 2.24) is 20.4 Å². The zero-order valence-electron chi connectivity index (χ0n) is 15.3. The van der Waals surface area contributed by atoms with E-state index in [0.717, 1.165) is 6.42 Å². The minimum Gasteiger partial charge on any atom is -0.459 e. The Balaban J connectivity index is 1.50. The summed E-state index contributed by atoms with van der Waals surface area (Å²) in [5.41, 5.74) is 0.280. The van der Waals surface area contributed by atoms with Gasteiger partial charge in [-0.05, 0) is 30.7 Å². The summed E-state index contributed by atoms with van der Waals surface area (Å²) < 4.78 is 10.1. The smallest absolute Gasteiger partial charge is 0.289 e. The minimum absolute atomic E-state index is 0.105. The number of furan rings is 1. The van der Waals surface area contributed by atoms with Crippen LogP contribution in [0, 0.1) is 0 Å². The Kier molecular flexibility index (Phi) is 6.37. The molecule has 0 spiro atoms. The maximum absolute atomic E-state index is 12.3. The Labute approximate surface area is 157 Å². The number of nitrogens with zero attached hydrogens (tertiary/aromatic N) is 4. The summed E-state index contributed by atoms with van der Waals surface area (Å²) in [5, 5.41) is 10.9. The van der Waals surface area contributed by atoms with Gasteiger partial charge in [-0.15, -0.1) is 10.2 Å². The molecule has 0 aliphatic carbocycles. The van der Waals surface area contributed by atoms with E-state index in [9.17, 15) is 9.59 Å². The Morgan fingerprint density at radius 1 is 1.19 bits per heavy atom. The van der Waals surface area contributed by atoms with Gasteiger partial charge < -0.3 is 24.3 Å². The number of methoxy groups -OCH3 is 1. The van der Waals surface area contributed by atoms with Crippen molar-refractivity contribution in [2.75, 3.05) is 51.3 Å². The van der Waals surface area contributed by atoms with Gasteiger partial charge in [0.05, 0.1) is 6.26 Å². The first kappa shape index (κ1) is 18.8. The van der Waals surface area contributed by atoms with E-state index in [2.05, 4.69) is 15.5 Å². The molecule has 1 aliphatic heterocycles. The van der Waals surface area contributed by atoms with Gasteiger partial charge in [-0.25, -0.2) is 0 Å². The monoisotopic (exact) mass is 373 g/mol. The fraction of sp³-hybridized carbons (Fsp3) is 0.444. The first-order valence-electron chi connectivity index (χ1n) is 8.87. The predicted molar refractivity (Wildman–Crippen MR) is 97.7 cm³/mol. The van der Waals surface area contributed by atoms with Crippen LogP contribution in [-0.2, 0) is 4.74 Å². The van der Waals surface area contributed by atoms with E-state index >= 15 is 0 Å². The van der Waals surface area contributed by atoms with E-state index in [4.69, 9.17) is 9.15 Å². The molecule has 0 saturated carbocycles. The van der Waals surface area contributed by atoms with E-state index in [1.807, 2.05) is 4.90 Å². The highest BCUT2D eigenvalue weighted by Crippen LogP contribution is 2.15. The number of aromatic nitrogens is 2. The van der Waals surface area contributed by atoms with Gasteiger partial charge >= 0.3 is 0 Å². The van der Waals surface area contributed by atoms with Gasteiger partial charge in [0.25, 0.3) is 11.8 Å². The lowest BCUT2D eigenvalue weighted by molar-refractivity contribution is 0.0714. The quantitative estimate of drug-likeness (QED) is 0.716. The van der Waals surface area contributed by atoms with E-state index in [1.54, 1.807) is 36.3 Å². The molecule has 2 amide bonds. The number of amides is 2. The number of anilines is 1. The third kappa shape index (κ3) is 4.82. The lowest BCUT2D eigenvalue weighted by Crippen LogP contribution is -2.49. The molecule has 0 unspecified atom stereocenters. The summed E-state index contributed by atoms with van der Waals surface area (Å²) in [5.74, 6) is 0.686. The first-order chi connectivity index (χ1) is 13.2. The number of carbonyl (C=O) groups excluding carboxylic acids is 2. The largest absolute Gasteiger partial charge is 0.459 e. The molecule has 27 heavy (non-hydrogen) atoms. The van der Waals surface area contributed by atoms with Crippen molar-refractivity contribution in [3.05, 3.63) is 42.0 Å². The highest BCUT2D eigenvalue weighted by atomic mass is 16.5. The van der Waals surface area contributed by atoms with Gasteiger partial charge in [0.1, 0.15) is 0 Å². The van der Waals surface area contributed by atoms with Crippen molar-refractivity contribution in [1.29, 1.82) is 0 Å². The van der Waals surface area contributed by atoms with Crippen molar-refractivity contribution in [3.8, 4) is 0 Å². The highest BCUT2D eigenvalue weighted by molar-refractivity contribution is 5.92. The number of carbonyl (C=O) groups is 2. The summed E-state index contributed by atoms with van der Waals surface area (Å²) >= 11 is 0. The van der Waals surface area contributed by atoms with E-state index in [0.29, 0.717) is 50.9 Å². The van der Waals surface area contributed by atoms with Crippen LogP contribution < -0.4 is 10.2 Å². The Hall–Kier alpha value is -2.94. The van der Waals surface area contributed by atoms with Crippen LogP contribution in [0.5, 0.6) is 0 Å². The first-order valence-corrected chi connectivity index (χ1v) is 8.87. The second kappa shape index (κ2) is 9.13. The van der Waals surface area contributed by atoms with Crippen molar-refractivity contribution in [2.24, 2.45) is 0 Å². The number of nitrogens with one attached hydrogen (secondary N) is 1. The van der Waals surface area contributed by atoms with Crippen LogP contribution in [0.15, 0.2) is 34.9 Å². The molecule has 1 N–H and O–H groups in total. The van der Waals surface area contributed by atoms with Crippen LogP contribution in [0.25, 0.3) is 0 Å². The molecule has 1 fully saturated rings. The summed E-state index contributed by atoms with van der Waals surface area (Å²) in [6, 6.07) is 6.81. The molecule has 1 aliphatic rings. The minimum atomic E-state index is -0.251. The van der Waals surface area contributed by atoms with Crippen molar-refractivity contribution in [2.45, 2.75) is 6.42 Å². The molecule has 0 bridgehead atoms. The molecule has 3 heterocycles. The second-order valence-electron chi connectivity index (χ2n) is 6.14. The zero-order valence-corrected chi connectivity index (χ0v) is 15.3. The van der Waals surface area contributed by atoms with E-state index in [1.165, 1.54) is 6.26 Å². The normalized spacial score (nSPS) is 14.3. The second-order valence-corrected chi connectivity index (χ2v) is 6.14. The molecule has 3 rings (SSSR count). The lowest BCUT2D eigenvalue weighted by Gasteiger charge is -2.34. The Bertz CT molecular complexity index is 740. The average Bonchev–Trinajstić information content (AvgIpc) is 3.26. The van der Waals surface area contributed by atoms with Gasteiger partial charge in [-0.1, -0.05) is 0 Å². The zero-order chi connectivity index (χ0) is 19.1. The molecule has 0 radical (unpaired) electrons. The molecule has 2 aromatic heterocycles. The third-order valence-corrected chi connectivity index (χ3v) is 4.32. The molecule has 2 aromatic rings. The summed E-state index contributed by atoms with van der Waals surface area (Å²) in [4.78, 5) is 28.1. The standard InChI is InChI=1S/C18H23N5O4/c1-26-12-3-7-19-17(24)14-5-6-16(21-20-14)22-8-10-23(11-9-22)18(25)15-4-2-13-27-15/h2,4-6,13H,3,7-12H2,1H3,(H,19,24). The van der Waals surface area contributed by atoms with Crippen LogP contribution in [0.4, 0.5) is 5.82 Å². The number of hydrogen-bond donors (Lipinski definition) is 1. The third-order valence-electron chi connectivity index (χ3n) is 4.32. The van der Waals surface area contributed by atoms with Crippen molar-refractivity contribution >= 4 is 17.6 Å². The average molecular weight is 373 g/mol. The van der Waals surface area contributed by atoms with Gasteiger partial charge in [-0.3, -0.25) is 9.59 Å². The van der Waals surface area contributed by atoms with Crippen LogP contribution in [0.1, 0.15) is 27.5 Å². The molecule has 0 atom stereocenters. The van der Waals surface area contributed by atoms with Gasteiger partial charge in [0.2, 0.25) is 0 Å². The lowest BCUT2D eigenvalue weighted by atomic mass is 10.2. The fourth-order valence-electron chi connectivity index (χ4n) is 2.82. The number of hydrogen-bond acceptors (Lipinski definition) is 7. The topological polar surface area (TPSA) is 101 Å². The molecule has 9 nitrogen and oxygen atoms in total. The number of ether oxygens (including phenoxy) is 1. The molecule has 9 heteroatoms. The van der Waals surface area contributed by atoms with Gasteiger partial charge in [-0.2, -0.15) is 0 Å². The van der Waals surface area contributed by atoms with Crippen LogP contribution >= 0.6 is 0 Å². The van der Waals surface area contributed by atoms with Crippen LogP contribution in [0.2, 0.25) is 0 Å². The van der Waals surface area contributed by atoms with Crippen molar-refractivity contribution in [3.63, 3.8) is 0 Å². The SMILES string of the molecule is COCCCNC(=O)c1ccc(N2CCN(C(=O)c3ccco3)CC2)nn1. The summed E-state index contributed by atoms with van der Waals surface area (Å²) in [6.45, 7) is 3.56. The molecule has 1 saturated heterocycles. The molecule has 144 valence electrons. The summed E-state index contributed by atoms with van der Waals surface area (Å²) in [6.07, 6.45) is 2.24. The molecular formula is C18H23N5O4. The van der Waals surface area contributed by atoms with Gasteiger partial charge in [0, 0.05) is 46.4 Å². The maximum Gasteiger partial charge on any atom is 0.289 e. The number of piperazine rings is 1. The molecular weight excluding hydrogens is 350 g/mol. The van der Waals surface area contributed by atoms with Crippen molar-refractivity contribution < 1.29 is 18.7 Å². The predicted octanol–water partition coefficient (Wildman–Crippen LogP) is 0.798. The van der Waals surface area contributed by atoms with Crippen LogP contribution in [0.3, 0.4) is 0 Å². The molecule has 0 aromatic carbocycles. The summed E-state index contributed by atoms with van der Waals surface area (Å²) in [7, 11) is 1.62. The van der Waals surface area contributed by atoms with E-state index in [-0.39, 0.29) is 17.5 Å². The van der Waals surface area contributed by atoms with E-state index < -0.39 is 0 Å². The van der Waals surface area contributed by atoms with Crippen LogP contribution in [-0.4, -0.2) is 73.4 Å². The maximum atomic E-state index is 12.3. The Morgan fingerprint density at radius 2 is 2.00 bits per heavy atom.